The van der Waals surface area contributed by atoms with Crippen LogP contribution in [0.4, 0.5) is 0 Å². The highest BCUT2D eigenvalue weighted by Crippen LogP contribution is 2.22. The minimum Gasteiger partial charge on any atom is -0.355 e. The van der Waals surface area contributed by atoms with Gasteiger partial charge in [0.1, 0.15) is 0 Å². The van der Waals surface area contributed by atoms with Crippen LogP contribution in [0.15, 0.2) is 24.3 Å². The second-order valence-corrected chi connectivity index (χ2v) is 7.04. The molecule has 1 heterocycles. The summed E-state index contributed by atoms with van der Waals surface area (Å²) in [6, 6.07) is 6.39. The lowest BCUT2D eigenvalue weighted by Crippen LogP contribution is -2.43. The average molecular weight is 357 g/mol. The van der Waals surface area contributed by atoms with Crippen LogP contribution in [-0.4, -0.2) is 49.4 Å². The summed E-state index contributed by atoms with van der Waals surface area (Å²) in [4.78, 5) is 24.9. The third-order valence-corrected chi connectivity index (χ3v) is 4.92. The van der Waals surface area contributed by atoms with Crippen LogP contribution in [0.2, 0.25) is 0 Å². The molecule has 2 N–H and O–H groups in total. The Kier molecular flexibility index (Phi) is 7.85. The maximum absolute atomic E-state index is 12.2. The van der Waals surface area contributed by atoms with E-state index in [1.165, 1.54) is 23.6 Å². The molecule has 0 aromatic heterocycles. The zero-order valence-corrected chi connectivity index (χ0v) is 16.2. The molecule has 1 aliphatic heterocycles. The Labute approximate surface area is 156 Å². The molecule has 0 radical (unpaired) electrons. The number of rotatable bonds is 7. The Morgan fingerprint density at radius 2 is 1.81 bits per heavy atom. The number of benzene rings is 1. The number of amides is 2. The van der Waals surface area contributed by atoms with Gasteiger partial charge in [-0.25, -0.2) is 0 Å². The van der Waals surface area contributed by atoms with Crippen LogP contribution in [0.5, 0.6) is 0 Å². The highest BCUT2D eigenvalue weighted by molar-refractivity contribution is 5.78. The Hall–Kier alpha value is -2.14. The van der Waals surface area contributed by atoms with Gasteiger partial charge >= 0.3 is 0 Å². The number of hydrogen-bond donors (Lipinski definition) is 2. The molecule has 2 amide bonds. The van der Waals surface area contributed by atoms with Crippen LogP contribution >= 0.6 is 0 Å². The second kappa shape index (κ2) is 10.1. The number of piperidine rings is 1. The normalized spacial score (nSPS) is 15.4. The van der Waals surface area contributed by atoms with Crippen molar-refractivity contribution in [2.75, 3.05) is 32.7 Å². The van der Waals surface area contributed by atoms with Gasteiger partial charge in [-0.3, -0.25) is 9.59 Å². The van der Waals surface area contributed by atoms with E-state index < -0.39 is 0 Å². The first-order valence-electron chi connectivity index (χ1n) is 9.44. The van der Waals surface area contributed by atoms with E-state index in [0.717, 1.165) is 25.9 Å². The van der Waals surface area contributed by atoms with Gasteiger partial charge in [-0.05, 0) is 49.3 Å². The molecule has 1 aromatic carbocycles. The van der Waals surface area contributed by atoms with Crippen molar-refractivity contribution >= 4 is 17.9 Å². The topological polar surface area (TPSA) is 61.4 Å². The standard InChI is InChI=1S/C21H31N3O2/c1-16-5-4-6-17(2)20(16)8-7-19-9-13-24(14-10-19)21(26)15-22-11-12-23-18(3)25/h4-8,19,22H,9-15H2,1-3H3,(H,23,25)/b8-7+. The molecule has 142 valence electrons. The maximum Gasteiger partial charge on any atom is 0.236 e. The molecule has 0 aliphatic carbocycles. The molecule has 0 spiro atoms. The van der Waals surface area contributed by atoms with Gasteiger partial charge in [0.15, 0.2) is 0 Å². The van der Waals surface area contributed by atoms with Crippen molar-refractivity contribution in [1.82, 2.24) is 15.5 Å². The summed E-state index contributed by atoms with van der Waals surface area (Å²) in [5.74, 6) is 0.630. The zero-order chi connectivity index (χ0) is 18.9. The van der Waals surface area contributed by atoms with Crippen LogP contribution < -0.4 is 10.6 Å². The van der Waals surface area contributed by atoms with E-state index in [-0.39, 0.29) is 11.8 Å². The van der Waals surface area contributed by atoms with Crippen molar-refractivity contribution in [1.29, 1.82) is 0 Å². The smallest absolute Gasteiger partial charge is 0.236 e. The lowest BCUT2D eigenvalue weighted by atomic mass is 9.94. The fourth-order valence-electron chi connectivity index (χ4n) is 3.30. The number of nitrogens with zero attached hydrogens (tertiary/aromatic N) is 1. The molecule has 0 atom stereocenters. The van der Waals surface area contributed by atoms with Crippen molar-refractivity contribution in [3.8, 4) is 0 Å². The predicted molar refractivity (Wildman–Crippen MR) is 106 cm³/mol. The lowest BCUT2D eigenvalue weighted by molar-refractivity contribution is -0.131. The van der Waals surface area contributed by atoms with Gasteiger partial charge in [0.25, 0.3) is 0 Å². The van der Waals surface area contributed by atoms with Crippen molar-refractivity contribution in [3.63, 3.8) is 0 Å². The number of aryl methyl sites for hydroxylation is 2. The van der Waals surface area contributed by atoms with Gasteiger partial charge in [0, 0.05) is 33.1 Å². The van der Waals surface area contributed by atoms with Gasteiger partial charge < -0.3 is 15.5 Å². The van der Waals surface area contributed by atoms with Crippen LogP contribution in [0.25, 0.3) is 6.08 Å². The molecular formula is C21H31N3O2. The Balaban J connectivity index is 1.72. The second-order valence-electron chi connectivity index (χ2n) is 7.04. The molecule has 1 aliphatic rings. The minimum absolute atomic E-state index is 0.0471. The molecule has 26 heavy (non-hydrogen) atoms. The van der Waals surface area contributed by atoms with E-state index in [2.05, 4.69) is 54.8 Å². The van der Waals surface area contributed by atoms with E-state index >= 15 is 0 Å². The molecule has 1 aromatic rings. The van der Waals surface area contributed by atoms with Gasteiger partial charge in [0.05, 0.1) is 6.54 Å². The van der Waals surface area contributed by atoms with Crippen LogP contribution in [-0.2, 0) is 9.59 Å². The molecule has 0 unspecified atom stereocenters. The van der Waals surface area contributed by atoms with Gasteiger partial charge in [-0.2, -0.15) is 0 Å². The van der Waals surface area contributed by atoms with Crippen molar-refractivity contribution < 1.29 is 9.59 Å². The van der Waals surface area contributed by atoms with Gasteiger partial charge in [-0.1, -0.05) is 30.4 Å². The summed E-state index contributed by atoms with van der Waals surface area (Å²) in [7, 11) is 0. The van der Waals surface area contributed by atoms with E-state index in [1.54, 1.807) is 0 Å². The maximum atomic E-state index is 12.2. The summed E-state index contributed by atoms with van der Waals surface area (Å²) in [6.07, 6.45) is 6.58. The number of likely N-dealkylation sites (tertiary alicyclic amines) is 1. The molecule has 1 saturated heterocycles. The van der Waals surface area contributed by atoms with Crippen molar-refractivity contribution in [3.05, 3.63) is 41.0 Å². The fourth-order valence-corrected chi connectivity index (χ4v) is 3.30. The van der Waals surface area contributed by atoms with E-state index in [9.17, 15) is 9.59 Å². The first-order chi connectivity index (χ1) is 12.5. The van der Waals surface area contributed by atoms with Gasteiger partial charge in [0.2, 0.25) is 11.8 Å². The molecular weight excluding hydrogens is 326 g/mol. The highest BCUT2D eigenvalue weighted by atomic mass is 16.2. The first kappa shape index (κ1) is 20.2. The summed E-state index contributed by atoms with van der Waals surface area (Å²) >= 11 is 0. The number of hydrogen-bond acceptors (Lipinski definition) is 3. The first-order valence-corrected chi connectivity index (χ1v) is 9.44. The third-order valence-electron chi connectivity index (χ3n) is 4.92. The van der Waals surface area contributed by atoms with Crippen LogP contribution in [0.1, 0.15) is 36.5 Å². The predicted octanol–water partition coefficient (Wildman–Crippen LogP) is 2.28. The van der Waals surface area contributed by atoms with E-state index in [4.69, 9.17) is 0 Å². The minimum atomic E-state index is -0.0471. The molecule has 5 nitrogen and oxygen atoms in total. The Bertz CT molecular complexity index is 626. The largest absolute Gasteiger partial charge is 0.355 e. The Morgan fingerprint density at radius 1 is 1.15 bits per heavy atom. The lowest BCUT2D eigenvalue weighted by Gasteiger charge is -2.31. The SMILES string of the molecule is CC(=O)NCCNCC(=O)N1CCC(/C=C/c2c(C)cccc2C)CC1. The average Bonchev–Trinajstić information content (AvgIpc) is 2.61. The summed E-state index contributed by atoms with van der Waals surface area (Å²) in [6.45, 7) is 8.91. The summed E-state index contributed by atoms with van der Waals surface area (Å²) in [5, 5.41) is 5.79. The monoisotopic (exact) mass is 357 g/mol. The summed E-state index contributed by atoms with van der Waals surface area (Å²) < 4.78 is 0. The molecule has 2 rings (SSSR count). The van der Waals surface area contributed by atoms with Crippen molar-refractivity contribution in [2.45, 2.75) is 33.6 Å². The summed E-state index contributed by atoms with van der Waals surface area (Å²) in [5.41, 5.74) is 3.92. The molecule has 0 saturated carbocycles. The number of carbonyl (C=O) groups is 2. The number of nitrogens with one attached hydrogen (secondary N) is 2. The fraction of sp³-hybridized carbons (Fsp3) is 0.524. The van der Waals surface area contributed by atoms with Crippen molar-refractivity contribution in [2.24, 2.45) is 5.92 Å². The third kappa shape index (κ3) is 6.30. The Morgan fingerprint density at radius 3 is 2.42 bits per heavy atom. The quantitative estimate of drug-likeness (QED) is 0.736. The van der Waals surface area contributed by atoms with Crippen LogP contribution in [0.3, 0.4) is 0 Å². The van der Waals surface area contributed by atoms with E-state index in [0.29, 0.717) is 25.6 Å². The number of allylic oxidation sites excluding steroid dienone is 1. The molecule has 1 fully saturated rings. The zero-order valence-electron chi connectivity index (χ0n) is 16.2. The molecule has 0 bridgehead atoms. The highest BCUT2D eigenvalue weighted by Gasteiger charge is 2.20. The molecule has 5 heteroatoms. The number of carbonyl (C=O) groups excluding carboxylic acids is 2. The van der Waals surface area contributed by atoms with E-state index in [1.807, 2.05) is 4.90 Å². The van der Waals surface area contributed by atoms with Gasteiger partial charge in [-0.15, -0.1) is 0 Å². The van der Waals surface area contributed by atoms with Crippen LogP contribution in [0, 0.1) is 19.8 Å².